The Balaban J connectivity index is 2.19. The van der Waals surface area contributed by atoms with Crippen LogP contribution in [0.3, 0.4) is 0 Å². The van der Waals surface area contributed by atoms with Crippen LogP contribution in [0.2, 0.25) is 5.02 Å². The molecule has 1 heterocycles. The summed E-state index contributed by atoms with van der Waals surface area (Å²) in [4.78, 5) is 19.4. The monoisotopic (exact) mass is 311 g/mol. The summed E-state index contributed by atoms with van der Waals surface area (Å²) in [5, 5.41) is 3.32. The Hall–Kier alpha value is -1.46. The largest absolute Gasteiger partial charge is 0.321 e. The molecule has 0 saturated heterocycles. The summed E-state index contributed by atoms with van der Waals surface area (Å²) in [6.45, 7) is 0. The fourth-order valence-electron chi connectivity index (χ4n) is 1.20. The van der Waals surface area contributed by atoms with Crippen molar-refractivity contribution in [3.05, 3.63) is 52.0 Å². The van der Waals surface area contributed by atoms with Gasteiger partial charge in [-0.15, -0.1) is 0 Å². The minimum atomic E-state index is -0.270. The lowest BCUT2D eigenvalue weighted by atomic mass is 10.3. The minimum absolute atomic E-state index is 0.270. The molecule has 0 aliphatic carbocycles. The second-order valence-corrected chi connectivity index (χ2v) is 4.50. The van der Waals surface area contributed by atoms with E-state index in [9.17, 15) is 4.79 Å². The SMILES string of the molecule is O=C(Nc1ccc(Cl)cc1Br)c1cncnc1. The van der Waals surface area contributed by atoms with Crippen molar-refractivity contribution >= 4 is 39.1 Å². The van der Waals surface area contributed by atoms with Gasteiger partial charge in [0.15, 0.2) is 0 Å². The third-order valence-corrected chi connectivity index (χ3v) is 2.89. The molecule has 0 radical (unpaired) electrons. The van der Waals surface area contributed by atoms with E-state index in [1.54, 1.807) is 18.2 Å². The number of amides is 1. The number of carbonyl (C=O) groups is 1. The fraction of sp³-hybridized carbons (Fsp3) is 0. The predicted molar refractivity (Wildman–Crippen MR) is 69.1 cm³/mol. The quantitative estimate of drug-likeness (QED) is 0.927. The van der Waals surface area contributed by atoms with Crippen molar-refractivity contribution in [2.75, 3.05) is 5.32 Å². The summed E-state index contributed by atoms with van der Waals surface area (Å²) in [7, 11) is 0. The zero-order chi connectivity index (χ0) is 12.3. The molecule has 2 aromatic rings. The van der Waals surface area contributed by atoms with Gasteiger partial charge in [-0.25, -0.2) is 9.97 Å². The Kier molecular flexibility index (Phi) is 3.71. The third kappa shape index (κ3) is 3.01. The second-order valence-electron chi connectivity index (χ2n) is 3.21. The maximum atomic E-state index is 11.8. The molecule has 0 fully saturated rings. The van der Waals surface area contributed by atoms with E-state index < -0.39 is 0 Å². The zero-order valence-corrected chi connectivity index (χ0v) is 10.9. The average molecular weight is 313 g/mol. The van der Waals surface area contributed by atoms with Crippen molar-refractivity contribution in [2.24, 2.45) is 0 Å². The predicted octanol–water partition coefficient (Wildman–Crippen LogP) is 3.14. The van der Waals surface area contributed by atoms with Crippen molar-refractivity contribution in [1.82, 2.24) is 9.97 Å². The Labute approximate surface area is 111 Å². The maximum absolute atomic E-state index is 11.8. The first-order chi connectivity index (χ1) is 8.16. The maximum Gasteiger partial charge on any atom is 0.258 e. The molecule has 0 spiro atoms. The van der Waals surface area contributed by atoms with Crippen LogP contribution in [0, 0.1) is 0 Å². The van der Waals surface area contributed by atoms with Gasteiger partial charge >= 0.3 is 0 Å². The molecule has 0 bridgehead atoms. The lowest BCUT2D eigenvalue weighted by molar-refractivity contribution is 0.102. The van der Waals surface area contributed by atoms with Crippen molar-refractivity contribution in [3.63, 3.8) is 0 Å². The van der Waals surface area contributed by atoms with Crippen LogP contribution in [0.4, 0.5) is 5.69 Å². The van der Waals surface area contributed by atoms with Crippen LogP contribution in [0.1, 0.15) is 10.4 Å². The average Bonchev–Trinajstić information content (AvgIpc) is 2.34. The zero-order valence-electron chi connectivity index (χ0n) is 8.52. The number of nitrogens with zero attached hydrogens (tertiary/aromatic N) is 2. The van der Waals surface area contributed by atoms with Crippen molar-refractivity contribution in [2.45, 2.75) is 0 Å². The molecular formula is C11H7BrClN3O. The standard InChI is InChI=1S/C11H7BrClN3O/c12-9-3-8(13)1-2-10(9)16-11(17)7-4-14-6-15-5-7/h1-6H,(H,16,17). The van der Waals surface area contributed by atoms with E-state index in [2.05, 4.69) is 31.2 Å². The topological polar surface area (TPSA) is 54.9 Å². The van der Waals surface area contributed by atoms with Crippen LogP contribution >= 0.6 is 27.5 Å². The molecule has 1 amide bonds. The molecule has 86 valence electrons. The molecule has 0 saturated carbocycles. The van der Waals surface area contributed by atoms with Crippen LogP contribution < -0.4 is 5.32 Å². The minimum Gasteiger partial charge on any atom is -0.321 e. The summed E-state index contributed by atoms with van der Waals surface area (Å²) in [6.07, 6.45) is 4.27. The highest BCUT2D eigenvalue weighted by molar-refractivity contribution is 9.10. The number of benzene rings is 1. The number of hydrogen-bond donors (Lipinski definition) is 1. The summed E-state index contributed by atoms with van der Waals surface area (Å²) in [5.41, 5.74) is 1.04. The van der Waals surface area contributed by atoms with E-state index in [0.717, 1.165) is 4.47 Å². The van der Waals surface area contributed by atoms with E-state index in [0.29, 0.717) is 16.3 Å². The first-order valence-electron chi connectivity index (χ1n) is 4.68. The smallest absolute Gasteiger partial charge is 0.258 e. The van der Waals surface area contributed by atoms with Gasteiger partial charge in [-0.05, 0) is 34.1 Å². The molecule has 0 atom stereocenters. The van der Waals surface area contributed by atoms with E-state index in [-0.39, 0.29) is 5.91 Å². The molecule has 2 rings (SSSR count). The number of nitrogens with one attached hydrogen (secondary N) is 1. The highest BCUT2D eigenvalue weighted by Crippen LogP contribution is 2.26. The number of rotatable bonds is 2. The summed E-state index contributed by atoms with van der Waals surface area (Å²) >= 11 is 9.13. The first kappa shape index (κ1) is 12.0. The normalized spacial score (nSPS) is 10.0. The number of hydrogen-bond acceptors (Lipinski definition) is 3. The number of anilines is 1. The Morgan fingerprint density at radius 2 is 2.00 bits per heavy atom. The molecule has 0 aliphatic rings. The highest BCUT2D eigenvalue weighted by Gasteiger charge is 2.08. The Morgan fingerprint density at radius 1 is 1.29 bits per heavy atom. The Morgan fingerprint density at radius 3 is 2.65 bits per heavy atom. The van der Waals surface area contributed by atoms with Gasteiger partial charge in [0.1, 0.15) is 6.33 Å². The van der Waals surface area contributed by atoms with Gasteiger partial charge in [-0.1, -0.05) is 11.6 Å². The van der Waals surface area contributed by atoms with Gasteiger partial charge in [0.2, 0.25) is 0 Å². The molecule has 4 nitrogen and oxygen atoms in total. The molecule has 17 heavy (non-hydrogen) atoms. The van der Waals surface area contributed by atoms with Crippen LogP contribution in [0.5, 0.6) is 0 Å². The van der Waals surface area contributed by atoms with Gasteiger partial charge in [0.25, 0.3) is 5.91 Å². The molecule has 1 N–H and O–H groups in total. The van der Waals surface area contributed by atoms with Gasteiger partial charge in [0, 0.05) is 21.9 Å². The molecule has 6 heteroatoms. The van der Waals surface area contributed by atoms with Gasteiger partial charge in [-0.2, -0.15) is 0 Å². The van der Waals surface area contributed by atoms with Crippen molar-refractivity contribution in [3.8, 4) is 0 Å². The summed E-state index contributed by atoms with van der Waals surface area (Å²) in [5.74, 6) is -0.270. The van der Waals surface area contributed by atoms with Crippen LogP contribution in [-0.4, -0.2) is 15.9 Å². The molecule has 0 aliphatic heterocycles. The number of halogens is 2. The van der Waals surface area contributed by atoms with E-state index >= 15 is 0 Å². The second kappa shape index (κ2) is 5.25. The highest BCUT2D eigenvalue weighted by atomic mass is 79.9. The third-order valence-electron chi connectivity index (χ3n) is 2.00. The molecular weight excluding hydrogens is 305 g/mol. The van der Waals surface area contributed by atoms with Gasteiger partial charge in [0.05, 0.1) is 11.3 Å². The number of aromatic nitrogens is 2. The first-order valence-corrected chi connectivity index (χ1v) is 5.85. The lowest BCUT2D eigenvalue weighted by Crippen LogP contribution is -2.12. The lowest BCUT2D eigenvalue weighted by Gasteiger charge is -2.06. The van der Waals surface area contributed by atoms with Crippen molar-refractivity contribution < 1.29 is 4.79 Å². The van der Waals surface area contributed by atoms with Crippen LogP contribution in [0.15, 0.2) is 41.4 Å². The summed E-state index contributed by atoms with van der Waals surface area (Å²) < 4.78 is 0.718. The molecule has 1 aromatic heterocycles. The van der Waals surface area contributed by atoms with E-state index in [4.69, 9.17) is 11.6 Å². The van der Waals surface area contributed by atoms with Gasteiger partial charge in [-0.3, -0.25) is 4.79 Å². The van der Waals surface area contributed by atoms with E-state index in [1.165, 1.54) is 18.7 Å². The molecule has 1 aromatic carbocycles. The van der Waals surface area contributed by atoms with Crippen LogP contribution in [-0.2, 0) is 0 Å². The fourth-order valence-corrected chi connectivity index (χ4v) is 1.98. The van der Waals surface area contributed by atoms with E-state index in [1.807, 2.05) is 0 Å². The Bertz CT molecular complexity index is 548. The van der Waals surface area contributed by atoms with Crippen molar-refractivity contribution in [1.29, 1.82) is 0 Å². The van der Waals surface area contributed by atoms with Crippen LogP contribution in [0.25, 0.3) is 0 Å². The number of carbonyl (C=O) groups excluding carboxylic acids is 1. The molecule has 0 unspecified atom stereocenters. The summed E-state index contributed by atoms with van der Waals surface area (Å²) in [6, 6.07) is 5.12. The van der Waals surface area contributed by atoms with Gasteiger partial charge < -0.3 is 5.32 Å².